The molecule has 0 fully saturated rings. The van der Waals surface area contributed by atoms with Crippen molar-refractivity contribution in [2.75, 3.05) is 14.1 Å². The molecule has 1 amide bonds. The molecule has 0 aliphatic heterocycles. The fourth-order valence-electron chi connectivity index (χ4n) is 0.786. The Balaban J connectivity index is 0.000000500. The first kappa shape index (κ1) is 12.9. The van der Waals surface area contributed by atoms with Gasteiger partial charge in [-0.2, -0.15) is 0 Å². The Morgan fingerprint density at radius 2 is 1.79 bits per heavy atom. The van der Waals surface area contributed by atoms with Crippen molar-refractivity contribution in [3.63, 3.8) is 0 Å². The SMILES string of the molecule is CNC.NC(=O)C(Cl)c1ccccc1. The van der Waals surface area contributed by atoms with Crippen LogP contribution in [0.2, 0.25) is 0 Å². The number of carbonyl (C=O) groups excluding carboxylic acids is 1. The molecule has 1 unspecified atom stereocenters. The number of alkyl halides is 1. The molecule has 3 nitrogen and oxygen atoms in total. The molecule has 14 heavy (non-hydrogen) atoms. The van der Waals surface area contributed by atoms with E-state index >= 15 is 0 Å². The summed E-state index contributed by atoms with van der Waals surface area (Å²) < 4.78 is 0. The maximum atomic E-state index is 10.6. The van der Waals surface area contributed by atoms with Crippen LogP contribution < -0.4 is 11.1 Å². The highest BCUT2D eigenvalue weighted by Gasteiger charge is 2.12. The van der Waals surface area contributed by atoms with Gasteiger partial charge in [0.15, 0.2) is 0 Å². The van der Waals surface area contributed by atoms with Crippen LogP contribution in [-0.4, -0.2) is 20.0 Å². The number of hydrogen-bond donors (Lipinski definition) is 2. The number of nitrogens with two attached hydrogens (primary N) is 1. The van der Waals surface area contributed by atoms with Crippen molar-refractivity contribution in [2.45, 2.75) is 5.38 Å². The molecule has 1 aromatic carbocycles. The lowest BCUT2D eigenvalue weighted by atomic mass is 10.1. The van der Waals surface area contributed by atoms with Gasteiger partial charge in [0.2, 0.25) is 5.91 Å². The molecule has 0 spiro atoms. The van der Waals surface area contributed by atoms with E-state index in [0.717, 1.165) is 5.56 Å². The number of hydrogen-bond acceptors (Lipinski definition) is 2. The zero-order chi connectivity index (χ0) is 11.0. The first-order chi connectivity index (χ1) is 6.63. The molecule has 1 rings (SSSR count). The minimum absolute atomic E-state index is 0.516. The Labute approximate surface area is 89.3 Å². The molecule has 0 bridgehead atoms. The molecule has 0 aromatic heterocycles. The summed E-state index contributed by atoms with van der Waals surface area (Å²) in [7, 11) is 3.75. The van der Waals surface area contributed by atoms with Crippen LogP contribution in [0.15, 0.2) is 30.3 Å². The summed E-state index contributed by atoms with van der Waals surface area (Å²) in [6.45, 7) is 0. The number of carbonyl (C=O) groups is 1. The average molecular weight is 215 g/mol. The van der Waals surface area contributed by atoms with Crippen LogP contribution in [0.4, 0.5) is 0 Å². The van der Waals surface area contributed by atoms with Crippen LogP contribution in [0.1, 0.15) is 10.9 Å². The second-order valence-electron chi connectivity index (χ2n) is 2.68. The maximum Gasteiger partial charge on any atom is 0.240 e. The van der Waals surface area contributed by atoms with Gasteiger partial charge in [-0.05, 0) is 19.7 Å². The van der Waals surface area contributed by atoms with E-state index in [1.54, 1.807) is 12.1 Å². The predicted molar refractivity (Wildman–Crippen MR) is 59.2 cm³/mol. The lowest BCUT2D eigenvalue weighted by molar-refractivity contribution is -0.117. The monoisotopic (exact) mass is 214 g/mol. The number of nitrogens with one attached hydrogen (secondary N) is 1. The fraction of sp³-hybridized carbons (Fsp3) is 0.300. The quantitative estimate of drug-likeness (QED) is 0.729. The van der Waals surface area contributed by atoms with Gasteiger partial charge in [0, 0.05) is 0 Å². The number of primary amides is 1. The summed E-state index contributed by atoms with van der Waals surface area (Å²) in [4.78, 5) is 10.6. The van der Waals surface area contributed by atoms with E-state index < -0.39 is 11.3 Å². The van der Waals surface area contributed by atoms with E-state index in [4.69, 9.17) is 17.3 Å². The van der Waals surface area contributed by atoms with Gasteiger partial charge < -0.3 is 11.1 Å². The molecule has 0 aliphatic carbocycles. The Morgan fingerprint density at radius 1 is 1.36 bits per heavy atom. The molecule has 0 aliphatic rings. The first-order valence-corrected chi connectivity index (χ1v) is 4.64. The van der Waals surface area contributed by atoms with Crippen molar-refractivity contribution >= 4 is 17.5 Å². The van der Waals surface area contributed by atoms with Crippen LogP contribution in [0.5, 0.6) is 0 Å². The molecule has 78 valence electrons. The number of rotatable bonds is 2. The summed E-state index contributed by atoms with van der Waals surface area (Å²) in [5, 5.41) is 2.04. The van der Waals surface area contributed by atoms with Gasteiger partial charge in [-0.1, -0.05) is 30.3 Å². The highest BCUT2D eigenvalue weighted by molar-refractivity contribution is 6.30. The first-order valence-electron chi connectivity index (χ1n) is 4.20. The molecule has 0 heterocycles. The van der Waals surface area contributed by atoms with Crippen molar-refractivity contribution in [1.29, 1.82) is 0 Å². The minimum Gasteiger partial charge on any atom is -0.368 e. The van der Waals surface area contributed by atoms with Gasteiger partial charge in [0.05, 0.1) is 0 Å². The van der Waals surface area contributed by atoms with E-state index in [-0.39, 0.29) is 0 Å². The van der Waals surface area contributed by atoms with E-state index in [1.807, 2.05) is 32.3 Å². The number of benzene rings is 1. The zero-order valence-electron chi connectivity index (χ0n) is 8.33. The Bertz CT molecular complexity index is 264. The Hall–Kier alpha value is -1.06. The van der Waals surface area contributed by atoms with Crippen molar-refractivity contribution in [3.8, 4) is 0 Å². The summed E-state index contributed by atoms with van der Waals surface area (Å²) in [5.74, 6) is -0.516. The van der Waals surface area contributed by atoms with Crippen LogP contribution in [0, 0.1) is 0 Å². The smallest absolute Gasteiger partial charge is 0.240 e. The van der Waals surface area contributed by atoms with E-state index in [0.29, 0.717) is 0 Å². The number of amides is 1. The van der Waals surface area contributed by atoms with Gasteiger partial charge in [-0.3, -0.25) is 4.79 Å². The molecule has 1 atom stereocenters. The third kappa shape index (κ3) is 4.84. The molecule has 1 aromatic rings. The summed E-state index contributed by atoms with van der Waals surface area (Å²) >= 11 is 5.67. The van der Waals surface area contributed by atoms with Crippen LogP contribution >= 0.6 is 11.6 Å². The van der Waals surface area contributed by atoms with Crippen LogP contribution in [-0.2, 0) is 4.79 Å². The van der Waals surface area contributed by atoms with E-state index in [1.165, 1.54) is 0 Å². The second kappa shape index (κ2) is 7.35. The predicted octanol–water partition coefficient (Wildman–Crippen LogP) is 1.29. The van der Waals surface area contributed by atoms with E-state index in [2.05, 4.69) is 5.32 Å². The van der Waals surface area contributed by atoms with Gasteiger partial charge in [0.25, 0.3) is 0 Å². The molecular formula is C10H15ClN2O. The van der Waals surface area contributed by atoms with Crippen molar-refractivity contribution in [3.05, 3.63) is 35.9 Å². The van der Waals surface area contributed by atoms with Gasteiger partial charge in [-0.15, -0.1) is 11.6 Å². The van der Waals surface area contributed by atoms with Crippen LogP contribution in [0.25, 0.3) is 0 Å². The second-order valence-corrected chi connectivity index (χ2v) is 3.11. The van der Waals surface area contributed by atoms with Crippen molar-refractivity contribution in [2.24, 2.45) is 5.73 Å². The summed E-state index contributed by atoms with van der Waals surface area (Å²) in [5.41, 5.74) is 5.73. The van der Waals surface area contributed by atoms with Crippen molar-refractivity contribution in [1.82, 2.24) is 5.32 Å². The van der Waals surface area contributed by atoms with Crippen molar-refractivity contribution < 1.29 is 4.79 Å². The third-order valence-corrected chi connectivity index (χ3v) is 1.81. The topological polar surface area (TPSA) is 55.1 Å². The van der Waals surface area contributed by atoms with Gasteiger partial charge >= 0.3 is 0 Å². The Kier molecular flexibility index (Phi) is 6.80. The summed E-state index contributed by atoms with van der Waals surface area (Å²) in [6, 6.07) is 9.01. The molecule has 4 heteroatoms. The minimum atomic E-state index is -0.712. The Morgan fingerprint density at radius 3 is 2.14 bits per heavy atom. The fourth-order valence-corrected chi connectivity index (χ4v) is 0.932. The molecule has 0 radical (unpaired) electrons. The average Bonchev–Trinajstić information content (AvgIpc) is 2.19. The molecule has 3 N–H and O–H groups in total. The normalized spacial score (nSPS) is 11.1. The van der Waals surface area contributed by atoms with Gasteiger partial charge in [-0.25, -0.2) is 0 Å². The molecule has 0 saturated heterocycles. The third-order valence-electron chi connectivity index (χ3n) is 1.34. The highest BCUT2D eigenvalue weighted by atomic mass is 35.5. The summed E-state index contributed by atoms with van der Waals surface area (Å²) in [6.07, 6.45) is 0. The maximum absolute atomic E-state index is 10.6. The van der Waals surface area contributed by atoms with Crippen LogP contribution in [0.3, 0.4) is 0 Å². The lowest BCUT2D eigenvalue weighted by Gasteiger charge is -2.03. The molecular weight excluding hydrogens is 200 g/mol. The zero-order valence-corrected chi connectivity index (χ0v) is 9.08. The van der Waals surface area contributed by atoms with E-state index in [9.17, 15) is 4.79 Å². The number of halogens is 1. The standard InChI is InChI=1S/C8H8ClNO.C2H7N/c9-7(8(10)11)6-4-2-1-3-5-6;1-3-2/h1-5,7H,(H2,10,11);3H,1-2H3. The largest absolute Gasteiger partial charge is 0.368 e. The molecule has 0 saturated carbocycles. The lowest BCUT2D eigenvalue weighted by Crippen LogP contribution is -2.16. The van der Waals surface area contributed by atoms with Gasteiger partial charge in [0.1, 0.15) is 5.38 Å². The highest BCUT2D eigenvalue weighted by Crippen LogP contribution is 2.18.